The summed E-state index contributed by atoms with van der Waals surface area (Å²) in [5, 5.41) is 9.65. The maximum absolute atomic E-state index is 13.8. The predicted molar refractivity (Wildman–Crippen MR) is 256 cm³/mol. The first-order valence-electron chi connectivity index (χ1n) is 22.7. The van der Waals surface area contributed by atoms with Gasteiger partial charge in [-0.15, -0.1) is 0 Å². The number of amides is 5. The monoisotopic (exact) mass is 963 g/mol. The molecular weight excluding hydrogens is 914 g/mol. The Morgan fingerprint density at radius 2 is 1.56 bits per heavy atom. The van der Waals surface area contributed by atoms with Gasteiger partial charge in [0.05, 0.1) is 53.5 Å². The second-order valence-corrected chi connectivity index (χ2v) is 20.1. The van der Waals surface area contributed by atoms with Crippen molar-refractivity contribution in [2.24, 2.45) is 5.92 Å². The predicted octanol–water partition coefficient (Wildman–Crippen LogP) is 4.43. The average molecular weight is 965 g/mol. The molecule has 5 aromatic rings. The minimum atomic E-state index is -3.57. The number of aromatic nitrogens is 3. The number of anilines is 6. The molecule has 4 saturated heterocycles. The van der Waals surface area contributed by atoms with Crippen LogP contribution in [0.25, 0.3) is 10.9 Å². The van der Waals surface area contributed by atoms with E-state index in [-0.39, 0.29) is 46.8 Å². The van der Waals surface area contributed by atoms with Gasteiger partial charge < -0.3 is 30.1 Å². The summed E-state index contributed by atoms with van der Waals surface area (Å²) in [6, 6.07) is 17.6. The van der Waals surface area contributed by atoms with Crippen LogP contribution >= 0.6 is 11.6 Å². The molecule has 4 fully saturated rings. The number of carbonyl (C=O) groups is 5. The molecule has 3 N–H and O–H groups in total. The molecule has 5 aliphatic rings. The first kappa shape index (κ1) is 45.0. The number of benzene rings is 3. The van der Waals surface area contributed by atoms with E-state index >= 15 is 0 Å². The highest BCUT2D eigenvalue weighted by atomic mass is 35.5. The Bertz CT molecular complexity index is 2990. The van der Waals surface area contributed by atoms with Crippen LogP contribution in [0.3, 0.4) is 0 Å². The van der Waals surface area contributed by atoms with E-state index in [1.807, 2.05) is 35.2 Å². The normalized spacial score (nSPS) is 20.6. The van der Waals surface area contributed by atoms with Crippen LogP contribution in [0.2, 0.25) is 5.02 Å². The minimum Gasteiger partial charge on any atom is -0.494 e. The molecule has 19 nitrogen and oxygen atoms in total. The molecule has 3 aromatic carbocycles. The Labute approximate surface area is 397 Å². The number of nitrogens with one attached hydrogen (secondary N) is 3. The van der Waals surface area contributed by atoms with E-state index in [1.165, 1.54) is 16.4 Å². The molecule has 21 heteroatoms. The van der Waals surface area contributed by atoms with Crippen molar-refractivity contribution in [3.8, 4) is 5.75 Å². The lowest BCUT2D eigenvalue weighted by Crippen LogP contribution is -2.55. The molecule has 7 heterocycles. The fourth-order valence-electron chi connectivity index (χ4n) is 10.2. The maximum Gasteiger partial charge on any atom is 0.262 e. The molecule has 354 valence electrons. The van der Waals surface area contributed by atoms with Gasteiger partial charge in [-0.25, -0.2) is 17.4 Å². The third-order valence-electron chi connectivity index (χ3n) is 13.8. The van der Waals surface area contributed by atoms with Crippen molar-refractivity contribution >= 4 is 96.6 Å². The van der Waals surface area contributed by atoms with E-state index in [4.69, 9.17) is 16.3 Å². The number of methoxy groups -OCH3 is 1. The molecule has 2 aromatic heterocycles. The maximum atomic E-state index is 13.8. The standard InChI is InChI=1S/C47H50ClN11O8S/c1-67-39-25-32(7-9-36(39)51-47-49-26-35(48)42(53-47)50-37-5-3-4-28-13-19-58(41(28)37)68(2,65)66)54-17-14-30(15-18-54)55-20-22-56(23-21-55)44(62)29-12-16-57(27-29)31-6-8-33-34(24-31)46(64)59(45(33)63)38-10-11-40(60)52-43(38)61/h3-9,13,19,24-26,29-30,38H,10-12,14-18,20-23,27H2,1-2H3,(H,52,60,61)(H2,49,50,51,53). The minimum absolute atomic E-state index is 0.0577. The summed E-state index contributed by atoms with van der Waals surface area (Å²) >= 11 is 6.52. The van der Waals surface area contributed by atoms with E-state index in [0.29, 0.717) is 67.1 Å². The number of hydrogen-bond donors (Lipinski definition) is 3. The van der Waals surface area contributed by atoms with Crippen LogP contribution in [0.15, 0.2) is 73.1 Å². The summed E-state index contributed by atoms with van der Waals surface area (Å²) in [6.07, 6.45) is 6.92. The average Bonchev–Trinajstić information content (AvgIpc) is 4.08. The molecule has 0 radical (unpaired) electrons. The van der Waals surface area contributed by atoms with Gasteiger partial charge in [0.2, 0.25) is 33.7 Å². The van der Waals surface area contributed by atoms with Crippen LogP contribution in [0.5, 0.6) is 5.75 Å². The molecule has 0 bridgehead atoms. The Kier molecular flexibility index (Phi) is 11.9. The molecule has 5 aliphatic heterocycles. The topological polar surface area (TPSA) is 212 Å². The summed E-state index contributed by atoms with van der Waals surface area (Å²) in [5.41, 5.74) is 3.89. The highest BCUT2D eigenvalue weighted by Crippen LogP contribution is 2.37. The second-order valence-electron chi connectivity index (χ2n) is 17.8. The van der Waals surface area contributed by atoms with Gasteiger partial charge in [-0.2, -0.15) is 4.98 Å². The third-order valence-corrected chi connectivity index (χ3v) is 15.1. The smallest absolute Gasteiger partial charge is 0.262 e. The molecule has 10 rings (SSSR count). The number of imide groups is 2. The van der Waals surface area contributed by atoms with Gasteiger partial charge in [0, 0.05) is 93.8 Å². The Hall–Kier alpha value is -6.77. The van der Waals surface area contributed by atoms with E-state index in [9.17, 15) is 32.4 Å². The Morgan fingerprint density at radius 3 is 2.31 bits per heavy atom. The fourth-order valence-corrected chi connectivity index (χ4v) is 11.1. The Morgan fingerprint density at radius 1 is 0.824 bits per heavy atom. The summed E-state index contributed by atoms with van der Waals surface area (Å²) in [6.45, 7) is 5.80. The van der Waals surface area contributed by atoms with Crippen LogP contribution in [0.1, 0.15) is 52.8 Å². The molecule has 0 saturated carbocycles. The number of fused-ring (bicyclic) bond motifs is 2. The van der Waals surface area contributed by atoms with E-state index in [1.54, 1.807) is 37.4 Å². The number of piperidine rings is 2. The van der Waals surface area contributed by atoms with Crippen LogP contribution < -0.4 is 30.5 Å². The lowest BCUT2D eigenvalue weighted by molar-refractivity contribution is -0.137. The first-order valence-corrected chi connectivity index (χ1v) is 24.9. The summed E-state index contributed by atoms with van der Waals surface area (Å²) in [5.74, 6) is -1.03. The van der Waals surface area contributed by atoms with E-state index < -0.39 is 39.7 Å². The molecular formula is C47H50ClN11O8S. The lowest BCUT2D eigenvalue weighted by atomic mass is 10.0. The zero-order valence-electron chi connectivity index (χ0n) is 37.5. The van der Waals surface area contributed by atoms with Gasteiger partial charge in [-0.3, -0.25) is 39.1 Å². The van der Waals surface area contributed by atoms with Crippen LogP contribution in [-0.2, 0) is 24.4 Å². The number of para-hydroxylation sites is 1. The number of hydrogen-bond acceptors (Lipinski definition) is 15. The van der Waals surface area contributed by atoms with Crippen molar-refractivity contribution in [2.45, 2.75) is 44.2 Å². The number of piperazine rings is 1. The highest BCUT2D eigenvalue weighted by molar-refractivity contribution is 7.89. The van der Waals surface area contributed by atoms with Gasteiger partial charge in [0.25, 0.3) is 11.8 Å². The van der Waals surface area contributed by atoms with Crippen molar-refractivity contribution in [3.05, 3.63) is 89.2 Å². The summed E-state index contributed by atoms with van der Waals surface area (Å²) < 4.78 is 32.0. The highest BCUT2D eigenvalue weighted by Gasteiger charge is 2.45. The quantitative estimate of drug-likeness (QED) is 0.156. The van der Waals surface area contributed by atoms with E-state index in [0.717, 1.165) is 66.9 Å². The fraction of sp³-hybridized carbons (Fsp3) is 0.383. The largest absolute Gasteiger partial charge is 0.494 e. The van der Waals surface area contributed by atoms with Gasteiger partial charge >= 0.3 is 0 Å². The van der Waals surface area contributed by atoms with Crippen molar-refractivity contribution in [2.75, 3.05) is 86.2 Å². The van der Waals surface area contributed by atoms with Gasteiger partial charge in [-0.05, 0) is 68.1 Å². The number of ether oxygens (including phenoxy) is 1. The summed E-state index contributed by atoms with van der Waals surface area (Å²) in [7, 11) is -1.96. The zero-order valence-corrected chi connectivity index (χ0v) is 39.1. The van der Waals surface area contributed by atoms with Crippen LogP contribution in [0, 0.1) is 5.92 Å². The first-order chi connectivity index (χ1) is 32.7. The van der Waals surface area contributed by atoms with E-state index in [2.05, 4.69) is 40.6 Å². The zero-order chi connectivity index (χ0) is 47.4. The van der Waals surface area contributed by atoms with Crippen molar-refractivity contribution in [1.82, 2.24) is 34.0 Å². The van der Waals surface area contributed by atoms with Crippen molar-refractivity contribution in [3.63, 3.8) is 0 Å². The number of nitrogens with zero attached hydrogens (tertiary/aromatic N) is 8. The SMILES string of the molecule is COc1cc(N2CCC(N3CCN(C(=O)C4CCN(c5ccc6c(c5)C(=O)N(C5CCC(=O)NC5=O)C6=O)C4)CC3)CC2)ccc1Nc1ncc(Cl)c(Nc2cccc3ccn(S(C)(=O)=O)c23)n1. The van der Waals surface area contributed by atoms with Crippen molar-refractivity contribution < 1.29 is 37.1 Å². The van der Waals surface area contributed by atoms with Gasteiger partial charge in [-0.1, -0.05) is 23.7 Å². The van der Waals surface area contributed by atoms with Crippen LogP contribution in [-0.4, -0.2) is 144 Å². The van der Waals surface area contributed by atoms with Gasteiger partial charge in [0.15, 0.2) is 5.82 Å². The van der Waals surface area contributed by atoms with Crippen molar-refractivity contribution in [1.29, 1.82) is 0 Å². The third kappa shape index (κ3) is 8.55. The molecule has 2 atom stereocenters. The molecule has 5 amide bonds. The number of rotatable bonds is 11. The Balaban J connectivity index is 0.708. The van der Waals surface area contributed by atoms with Gasteiger partial charge in [0.1, 0.15) is 16.8 Å². The molecule has 68 heavy (non-hydrogen) atoms. The molecule has 0 aliphatic carbocycles. The van der Waals surface area contributed by atoms with Crippen LogP contribution in [0.4, 0.5) is 34.5 Å². The second kappa shape index (κ2) is 18.0. The number of carbonyl (C=O) groups excluding carboxylic acids is 5. The summed E-state index contributed by atoms with van der Waals surface area (Å²) in [4.78, 5) is 83.5. The number of halogens is 1. The molecule has 2 unspecified atom stereocenters. The lowest BCUT2D eigenvalue weighted by Gasteiger charge is -2.43. The molecule has 0 spiro atoms.